The van der Waals surface area contributed by atoms with E-state index in [1.165, 1.54) is 0 Å². The average molecular weight is 215 g/mol. The van der Waals surface area contributed by atoms with Crippen LogP contribution in [-0.2, 0) is 6.54 Å². The minimum atomic E-state index is -0.153. The minimum Gasteiger partial charge on any atom is -0.333 e. The third kappa shape index (κ3) is 1.23. The number of carbonyl (C=O) groups excluding carboxylic acids is 1. The Hall–Kier alpha value is -2.37. The molecule has 3 heterocycles. The second-order valence-electron chi connectivity index (χ2n) is 3.46. The number of H-pyrrole nitrogens is 1. The molecule has 0 radical (unpaired) electrons. The average Bonchev–Trinajstić information content (AvgIpc) is 2.82. The zero-order valence-electron chi connectivity index (χ0n) is 8.34. The SMILES string of the molecule is O=C1NCc2cnccc2N1c1cn[nH]c1. The van der Waals surface area contributed by atoms with Crippen molar-refractivity contribution in [2.45, 2.75) is 6.54 Å². The van der Waals surface area contributed by atoms with Crippen LogP contribution in [0.2, 0.25) is 0 Å². The molecule has 6 nitrogen and oxygen atoms in total. The lowest BCUT2D eigenvalue weighted by Crippen LogP contribution is -2.41. The first kappa shape index (κ1) is 8.90. The number of nitrogens with zero attached hydrogens (tertiary/aromatic N) is 3. The summed E-state index contributed by atoms with van der Waals surface area (Å²) in [5.41, 5.74) is 2.55. The van der Waals surface area contributed by atoms with E-state index in [4.69, 9.17) is 0 Å². The zero-order valence-corrected chi connectivity index (χ0v) is 8.34. The molecule has 0 bridgehead atoms. The van der Waals surface area contributed by atoms with Crippen molar-refractivity contribution in [2.24, 2.45) is 0 Å². The second kappa shape index (κ2) is 3.34. The summed E-state index contributed by atoms with van der Waals surface area (Å²) in [6.45, 7) is 0.510. The van der Waals surface area contributed by atoms with E-state index in [9.17, 15) is 4.79 Å². The smallest absolute Gasteiger partial charge is 0.326 e. The number of hydrogen-bond acceptors (Lipinski definition) is 3. The van der Waals surface area contributed by atoms with Crippen molar-refractivity contribution in [2.75, 3.05) is 4.90 Å². The number of amides is 2. The zero-order chi connectivity index (χ0) is 11.0. The van der Waals surface area contributed by atoms with Crippen LogP contribution in [0.5, 0.6) is 0 Å². The largest absolute Gasteiger partial charge is 0.333 e. The Kier molecular flexibility index (Phi) is 1.86. The molecule has 0 aromatic carbocycles. The van der Waals surface area contributed by atoms with E-state index < -0.39 is 0 Å². The van der Waals surface area contributed by atoms with E-state index in [1.54, 1.807) is 29.7 Å². The molecular weight excluding hydrogens is 206 g/mol. The molecular formula is C10H9N5O. The van der Waals surface area contributed by atoms with Gasteiger partial charge in [0.1, 0.15) is 0 Å². The van der Waals surface area contributed by atoms with Crippen LogP contribution in [0.4, 0.5) is 16.2 Å². The Balaban J connectivity index is 2.14. The minimum absolute atomic E-state index is 0.153. The summed E-state index contributed by atoms with van der Waals surface area (Å²) in [7, 11) is 0. The van der Waals surface area contributed by atoms with Gasteiger partial charge in [-0.15, -0.1) is 0 Å². The molecule has 1 aliphatic rings. The van der Waals surface area contributed by atoms with Crippen LogP contribution >= 0.6 is 0 Å². The van der Waals surface area contributed by atoms with Gasteiger partial charge < -0.3 is 5.32 Å². The molecule has 1 aliphatic heterocycles. The molecule has 0 fully saturated rings. The van der Waals surface area contributed by atoms with E-state index in [0.29, 0.717) is 12.2 Å². The van der Waals surface area contributed by atoms with Crippen molar-refractivity contribution in [1.29, 1.82) is 0 Å². The van der Waals surface area contributed by atoms with Gasteiger partial charge in [0.25, 0.3) is 0 Å². The number of anilines is 2. The molecule has 0 saturated carbocycles. The van der Waals surface area contributed by atoms with Gasteiger partial charge in [-0.1, -0.05) is 0 Å². The van der Waals surface area contributed by atoms with E-state index in [0.717, 1.165) is 11.3 Å². The van der Waals surface area contributed by atoms with Gasteiger partial charge in [0, 0.05) is 30.7 Å². The van der Waals surface area contributed by atoms with E-state index >= 15 is 0 Å². The van der Waals surface area contributed by atoms with Crippen LogP contribution in [0.15, 0.2) is 30.9 Å². The first-order valence-corrected chi connectivity index (χ1v) is 4.86. The molecule has 16 heavy (non-hydrogen) atoms. The van der Waals surface area contributed by atoms with E-state index in [2.05, 4.69) is 20.5 Å². The Morgan fingerprint density at radius 2 is 2.31 bits per heavy atom. The van der Waals surface area contributed by atoms with E-state index in [-0.39, 0.29) is 6.03 Å². The molecule has 0 spiro atoms. The lowest BCUT2D eigenvalue weighted by Gasteiger charge is -2.28. The third-order valence-corrected chi connectivity index (χ3v) is 2.49. The molecule has 2 N–H and O–H groups in total. The summed E-state index contributed by atoms with van der Waals surface area (Å²) in [6, 6.07) is 1.67. The maximum atomic E-state index is 11.8. The van der Waals surface area contributed by atoms with Crippen molar-refractivity contribution in [1.82, 2.24) is 20.5 Å². The van der Waals surface area contributed by atoms with Gasteiger partial charge in [-0.3, -0.25) is 15.0 Å². The summed E-state index contributed by atoms with van der Waals surface area (Å²) in [5.74, 6) is 0. The van der Waals surface area contributed by atoms with Crippen LogP contribution in [0, 0.1) is 0 Å². The maximum Gasteiger partial charge on any atom is 0.326 e. The molecule has 0 atom stereocenters. The van der Waals surface area contributed by atoms with Gasteiger partial charge in [0.05, 0.1) is 17.6 Å². The number of rotatable bonds is 1. The summed E-state index contributed by atoms with van der Waals surface area (Å²) >= 11 is 0. The lowest BCUT2D eigenvalue weighted by atomic mass is 10.1. The van der Waals surface area contributed by atoms with Gasteiger partial charge >= 0.3 is 6.03 Å². The Morgan fingerprint density at radius 1 is 1.38 bits per heavy atom. The van der Waals surface area contributed by atoms with Crippen molar-refractivity contribution in [3.05, 3.63) is 36.4 Å². The van der Waals surface area contributed by atoms with Crippen molar-refractivity contribution in [3.8, 4) is 0 Å². The van der Waals surface area contributed by atoms with Gasteiger partial charge in [-0.05, 0) is 6.07 Å². The van der Waals surface area contributed by atoms with Gasteiger partial charge in [-0.2, -0.15) is 5.10 Å². The number of aromatic nitrogens is 3. The summed E-state index contributed by atoms with van der Waals surface area (Å²) in [4.78, 5) is 17.4. The number of fused-ring (bicyclic) bond motifs is 1. The summed E-state index contributed by atoms with van der Waals surface area (Å²) in [5, 5.41) is 9.32. The van der Waals surface area contributed by atoms with Crippen molar-refractivity contribution < 1.29 is 4.79 Å². The standard InChI is InChI=1S/C10H9N5O/c16-10-12-4-7-3-11-2-1-9(7)15(10)8-5-13-14-6-8/h1-3,5-6H,4H2,(H,12,16)(H,13,14). The Bertz CT molecular complexity index is 522. The molecule has 0 aliphatic carbocycles. The van der Waals surface area contributed by atoms with Crippen LogP contribution in [0.25, 0.3) is 0 Å². The first-order valence-electron chi connectivity index (χ1n) is 4.86. The Labute approximate surface area is 91.3 Å². The predicted octanol–water partition coefficient (Wildman–Crippen LogP) is 1.17. The fraction of sp³-hybridized carbons (Fsp3) is 0.100. The second-order valence-corrected chi connectivity index (χ2v) is 3.46. The third-order valence-electron chi connectivity index (χ3n) is 2.49. The molecule has 80 valence electrons. The number of pyridine rings is 1. The quantitative estimate of drug-likeness (QED) is 0.749. The number of aromatic amines is 1. The van der Waals surface area contributed by atoms with Gasteiger partial charge in [0.15, 0.2) is 0 Å². The normalized spacial score (nSPS) is 14.5. The molecule has 2 aromatic heterocycles. The van der Waals surface area contributed by atoms with Crippen LogP contribution < -0.4 is 10.2 Å². The number of urea groups is 1. The first-order chi connectivity index (χ1) is 7.86. The summed E-state index contributed by atoms with van der Waals surface area (Å²) in [6.07, 6.45) is 6.70. The fourth-order valence-corrected chi connectivity index (χ4v) is 1.76. The van der Waals surface area contributed by atoms with Gasteiger partial charge in [0.2, 0.25) is 0 Å². The highest BCUT2D eigenvalue weighted by molar-refractivity contribution is 6.01. The lowest BCUT2D eigenvalue weighted by molar-refractivity contribution is 0.247. The highest BCUT2D eigenvalue weighted by Gasteiger charge is 2.25. The monoisotopic (exact) mass is 215 g/mol. The molecule has 3 rings (SSSR count). The fourth-order valence-electron chi connectivity index (χ4n) is 1.76. The molecule has 0 unspecified atom stereocenters. The van der Waals surface area contributed by atoms with Crippen LogP contribution in [0.1, 0.15) is 5.56 Å². The summed E-state index contributed by atoms with van der Waals surface area (Å²) < 4.78 is 0. The highest BCUT2D eigenvalue weighted by Crippen LogP contribution is 2.29. The van der Waals surface area contributed by atoms with E-state index in [1.807, 2.05) is 6.07 Å². The van der Waals surface area contributed by atoms with Crippen LogP contribution in [0.3, 0.4) is 0 Å². The van der Waals surface area contributed by atoms with Crippen molar-refractivity contribution in [3.63, 3.8) is 0 Å². The van der Waals surface area contributed by atoms with Gasteiger partial charge in [-0.25, -0.2) is 4.79 Å². The topological polar surface area (TPSA) is 73.9 Å². The molecule has 2 aromatic rings. The predicted molar refractivity (Wildman–Crippen MR) is 57.2 cm³/mol. The molecule has 6 heteroatoms. The number of carbonyl (C=O) groups is 1. The Morgan fingerprint density at radius 3 is 3.12 bits per heavy atom. The highest BCUT2D eigenvalue weighted by atomic mass is 16.2. The molecule has 0 saturated heterocycles. The van der Waals surface area contributed by atoms with Crippen LogP contribution in [-0.4, -0.2) is 21.2 Å². The molecule has 2 amide bonds. The number of nitrogens with one attached hydrogen (secondary N) is 2. The maximum absolute atomic E-state index is 11.8. The van der Waals surface area contributed by atoms with Crippen molar-refractivity contribution >= 4 is 17.4 Å². The number of hydrogen-bond donors (Lipinski definition) is 2.